The minimum Gasteiger partial charge on any atom is -0.476 e. The molecule has 2 aromatic rings. The van der Waals surface area contributed by atoms with Crippen molar-refractivity contribution < 1.29 is 9.90 Å². The third-order valence-electron chi connectivity index (χ3n) is 1.62. The van der Waals surface area contributed by atoms with Crippen molar-refractivity contribution in [2.75, 3.05) is 5.32 Å². The number of anilines is 1. The number of hydrogen-bond acceptors (Lipinski definition) is 6. The van der Waals surface area contributed by atoms with Crippen LogP contribution in [0.4, 0.5) is 5.13 Å². The molecule has 0 fully saturated rings. The van der Waals surface area contributed by atoms with Gasteiger partial charge in [0.25, 0.3) is 0 Å². The average molecular weight is 241 g/mol. The molecule has 15 heavy (non-hydrogen) atoms. The lowest BCUT2D eigenvalue weighted by atomic mass is 10.5. The number of rotatable bonds is 4. The zero-order valence-electron chi connectivity index (χ0n) is 7.51. The Morgan fingerprint density at radius 2 is 2.40 bits per heavy atom. The van der Waals surface area contributed by atoms with E-state index in [0.717, 1.165) is 4.88 Å². The van der Waals surface area contributed by atoms with Crippen LogP contribution in [0.5, 0.6) is 0 Å². The Labute approximate surface area is 93.4 Å². The molecule has 0 aliphatic rings. The van der Waals surface area contributed by atoms with E-state index in [2.05, 4.69) is 15.3 Å². The molecular weight excluding hydrogens is 234 g/mol. The van der Waals surface area contributed by atoms with Crippen molar-refractivity contribution in [2.24, 2.45) is 0 Å². The van der Waals surface area contributed by atoms with Gasteiger partial charge in [-0.25, -0.2) is 9.78 Å². The van der Waals surface area contributed by atoms with E-state index >= 15 is 0 Å². The van der Waals surface area contributed by atoms with E-state index in [1.165, 1.54) is 16.7 Å². The second-order valence-corrected chi connectivity index (χ2v) is 4.49. The summed E-state index contributed by atoms with van der Waals surface area (Å²) in [5, 5.41) is 13.8. The van der Waals surface area contributed by atoms with E-state index in [0.29, 0.717) is 11.7 Å². The summed E-state index contributed by atoms with van der Waals surface area (Å²) in [4.78, 5) is 19.5. The fourth-order valence-electron chi connectivity index (χ4n) is 0.945. The topological polar surface area (TPSA) is 75.1 Å². The Morgan fingerprint density at radius 3 is 3.00 bits per heavy atom. The van der Waals surface area contributed by atoms with Gasteiger partial charge in [0.1, 0.15) is 0 Å². The Balaban J connectivity index is 1.96. The van der Waals surface area contributed by atoms with Gasteiger partial charge in [0.05, 0.1) is 12.1 Å². The van der Waals surface area contributed by atoms with E-state index in [9.17, 15) is 4.79 Å². The molecule has 0 aliphatic heterocycles. The van der Waals surface area contributed by atoms with Crippen LogP contribution in [-0.4, -0.2) is 21.0 Å². The number of hydrogen-bond donors (Lipinski definition) is 2. The quantitative estimate of drug-likeness (QED) is 0.855. The number of thiazole rings is 2. The Hall–Kier alpha value is -1.47. The Bertz CT molecular complexity index is 452. The number of carboxylic acids is 1. The summed E-state index contributed by atoms with van der Waals surface area (Å²) in [6, 6.07) is 0. The second-order valence-electron chi connectivity index (χ2n) is 2.66. The van der Waals surface area contributed by atoms with Gasteiger partial charge in [-0.05, 0) is 0 Å². The third kappa shape index (κ3) is 2.51. The molecule has 0 unspecified atom stereocenters. The molecule has 0 amide bonds. The van der Waals surface area contributed by atoms with Crippen LogP contribution in [0.3, 0.4) is 0 Å². The molecule has 0 spiro atoms. The monoisotopic (exact) mass is 241 g/mol. The SMILES string of the molecule is O=C(O)c1csc(NCc2cncs2)n1. The molecule has 2 rings (SSSR count). The van der Waals surface area contributed by atoms with Crippen LogP contribution in [0.1, 0.15) is 15.4 Å². The summed E-state index contributed by atoms with van der Waals surface area (Å²) in [7, 11) is 0. The molecule has 2 aromatic heterocycles. The molecule has 0 aromatic carbocycles. The van der Waals surface area contributed by atoms with Crippen LogP contribution in [-0.2, 0) is 6.54 Å². The predicted molar refractivity (Wildman–Crippen MR) is 58.5 cm³/mol. The first-order valence-corrected chi connectivity index (χ1v) is 5.81. The maximum absolute atomic E-state index is 10.6. The van der Waals surface area contributed by atoms with Crippen molar-refractivity contribution in [3.05, 3.63) is 27.7 Å². The number of nitrogens with one attached hydrogen (secondary N) is 1. The number of carbonyl (C=O) groups is 1. The van der Waals surface area contributed by atoms with E-state index in [4.69, 9.17) is 5.11 Å². The van der Waals surface area contributed by atoms with Gasteiger partial charge < -0.3 is 10.4 Å². The maximum Gasteiger partial charge on any atom is 0.355 e. The minimum absolute atomic E-state index is 0.0757. The molecule has 2 heterocycles. The van der Waals surface area contributed by atoms with Gasteiger partial charge in [-0.3, -0.25) is 4.98 Å². The average Bonchev–Trinajstić information content (AvgIpc) is 2.86. The summed E-state index contributed by atoms with van der Waals surface area (Å²) < 4.78 is 0. The Morgan fingerprint density at radius 1 is 1.53 bits per heavy atom. The Kier molecular flexibility index (Phi) is 2.93. The van der Waals surface area contributed by atoms with Gasteiger partial charge in [-0.15, -0.1) is 22.7 Å². The molecule has 0 atom stereocenters. The summed E-state index contributed by atoms with van der Waals surface area (Å²) in [5.41, 5.74) is 1.83. The van der Waals surface area contributed by atoms with Crippen molar-refractivity contribution in [1.82, 2.24) is 9.97 Å². The first-order chi connectivity index (χ1) is 7.25. The highest BCUT2D eigenvalue weighted by atomic mass is 32.1. The zero-order valence-corrected chi connectivity index (χ0v) is 9.14. The lowest BCUT2D eigenvalue weighted by molar-refractivity contribution is 0.0691. The van der Waals surface area contributed by atoms with E-state index in [-0.39, 0.29) is 5.69 Å². The molecule has 0 aliphatic carbocycles. The number of aromatic nitrogens is 2. The van der Waals surface area contributed by atoms with Gasteiger partial charge in [-0.1, -0.05) is 0 Å². The minimum atomic E-state index is -1.00. The van der Waals surface area contributed by atoms with E-state index in [1.807, 2.05) is 0 Å². The van der Waals surface area contributed by atoms with E-state index in [1.54, 1.807) is 23.0 Å². The highest BCUT2D eigenvalue weighted by Crippen LogP contribution is 2.17. The summed E-state index contributed by atoms with van der Waals surface area (Å²) in [6.07, 6.45) is 1.77. The maximum atomic E-state index is 10.6. The van der Waals surface area contributed by atoms with Crippen LogP contribution in [0, 0.1) is 0 Å². The van der Waals surface area contributed by atoms with Crippen LogP contribution in [0.15, 0.2) is 17.1 Å². The summed E-state index contributed by atoms with van der Waals surface area (Å²) in [6.45, 7) is 0.622. The van der Waals surface area contributed by atoms with Crippen molar-refractivity contribution >= 4 is 33.8 Å². The van der Waals surface area contributed by atoms with Gasteiger partial charge >= 0.3 is 5.97 Å². The lowest BCUT2D eigenvalue weighted by Gasteiger charge is -1.97. The normalized spacial score (nSPS) is 10.1. The molecule has 0 radical (unpaired) electrons. The first kappa shape index (κ1) is 10.1. The fraction of sp³-hybridized carbons (Fsp3) is 0.125. The van der Waals surface area contributed by atoms with Crippen LogP contribution in [0.2, 0.25) is 0 Å². The van der Waals surface area contributed by atoms with Crippen molar-refractivity contribution in [3.63, 3.8) is 0 Å². The molecule has 0 saturated heterocycles. The summed E-state index contributed by atoms with van der Waals surface area (Å²) >= 11 is 2.82. The number of aromatic carboxylic acids is 1. The number of nitrogens with zero attached hydrogens (tertiary/aromatic N) is 2. The highest BCUT2D eigenvalue weighted by Gasteiger charge is 2.07. The first-order valence-electron chi connectivity index (χ1n) is 4.06. The molecule has 2 N–H and O–H groups in total. The lowest BCUT2D eigenvalue weighted by Crippen LogP contribution is -1.99. The smallest absolute Gasteiger partial charge is 0.355 e. The number of carboxylic acid groups (broad SMARTS) is 1. The largest absolute Gasteiger partial charge is 0.476 e. The molecule has 0 bridgehead atoms. The zero-order chi connectivity index (χ0) is 10.7. The summed E-state index contributed by atoms with van der Waals surface area (Å²) in [5.74, 6) is -1.00. The van der Waals surface area contributed by atoms with E-state index < -0.39 is 5.97 Å². The van der Waals surface area contributed by atoms with Gasteiger partial charge in [-0.2, -0.15) is 0 Å². The molecule has 7 heteroatoms. The molecule has 0 saturated carbocycles. The molecule has 78 valence electrons. The van der Waals surface area contributed by atoms with Gasteiger partial charge in [0, 0.05) is 16.5 Å². The van der Waals surface area contributed by atoms with Crippen molar-refractivity contribution in [3.8, 4) is 0 Å². The molecule has 5 nitrogen and oxygen atoms in total. The van der Waals surface area contributed by atoms with Crippen LogP contribution in [0.25, 0.3) is 0 Å². The third-order valence-corrected chi connectivity index (χ3v) is 3.20. The second kappa shape index (κ2) is 4.37. The van der Waals surface area contributed by atoms with Gasteiger partial charge in [0.15, 0.2) is 10.8 Å². The molecular formula is C8H7N3O2S2. The fourth-order valence-corrected chi connectivity index (χ4v) is 2.16. The standard InChI is InChI=1S/C8H7N3O2S2/c12-7(13)6-3-14-8(11-6)10-2-5-1-9-4-15-5/h1,3-4H,2H2,(H,10,11)(H,12,13). The van der Waals surface area contributed by atoms with Crippen molar-refractivity contribution in [1.29, 1.82) is 0 Å². The highest BCUT2D eigenvalue weighted by molar-refractivity contribution is 7.14. The van der Waals surface area contributed by atoms with Crippen LogP contribution >= 0.6 is 22.7 Å². The predicted octanol–water partition coefficient (Wildman–Crippen LogP) is 1.91. The van der Waals surface area contributed by atoms with Crippen molar-refractivity contribution in [2.45, 2.75) is 6.54 Å². The van der Waals surface area contributed by atoms with Crippen LogP contribution < -0.4 is 5.32 Å². The van der Waals surface area contributed by atoms with Gasteiger partial charge in [0.2, 0.25) is 0 Å².